The van der Waals surface area contributed by atoms with Gasteiger partial charge in [0.15, 0.2) is 17.5 Å². The van der Waals surface area contributed by atoms with Crippen molar-refractivity contribution in [3.8, 4) is 0 Å². The second kappa shape index (κ2) is 18.9. The molecule has 2 aromatic rings. The molecule has 8 rings (SSSR count). The van der Waals surface area contributed by atoms with Crippen molar-refractivity contribution in [1.82, 2.24) is 10.2 Å². The summed E-state index contributed by atoms with van der Waals surface area (Å²) in [6.45, 7) is 20.9. The molecule has 3 N–H and O–H groups in total. The van der Waals surface area contributed by atoms with Crippen LogP contribution in [0.4, 0.5) is 4.79 Å². The van der Waals surface area contributed by atoms with Crippen molar-refractivity contribution in [1.29, 1.82) is 0 Å². The number of hydrogen-bond acceptors (Lipinski definition) is 16. The fourth-order valence-electron chi connectivity index (χ4n) is 12.0. The van der Waals surface area contributed by atoms with E-state index in [9.17, 15) is 29.4 Å². The highest BCUT2D eigenvalue weighted by molar-refractivity contribution is 5.89. The van der Waals surface area contributed by atoms with Gasteiger partial charge in [-0.15, -0.1) is 0 Å². The van der Waals surface area contributed by atoms with Gasteiger partial charge in [0.25, 0.3) is 0 Å². The van der Waals surface area contributed by atoms with Gasteiger partial charge in [-0.05, 0) is 70.4 Å². The summed E-state index contributed by atoms with van der Waals surface area (Å²) in [4.78, 5) is 58.2. The molecule has 5 fully saturated rings. The van der Waals surface area contributed by atoms with E-state index in [2.05, 4.69) is 10.2 Å². The minimum atomic E-state index is -2.15. The van der Waals surface area contributed by atoms with Crippen molar-refractivity contribution in [3.05, 3.63) is 82.9 Å². The van der Waals surface area contributed by atoms with Crippen LogP contribution in [0.3, 0.4) is 0 Å². The third kappa shape index (κ3) is 9.45. The third-order valence-corrected chi connectivity index (χ3v) is 15.4. The predicted octanol–water partition coefficient (Wildman–Crippen LogP) is 5.21. The smallest absolute Gasteiger partial charge is 0.408 e. The van der Waals surface area contributed by atoms with E-state index in [-0.39, 0.29) is 25.0 Å². The van der Waals surface area contributed by atoms with Crippen LogP contribution >= 0.6 is 0 Å². The molecule has 0 radical (unpaired) electrons. The number of hydrogen-bond donors (Lipinski definition) is 3. The van der Waals surface area contributed by atoms with Crippen molar-refractivity contribution < 1.29 is 72.0 Å². The molecule has 0 spiro atoms. The maximum Gasteiger partial charge on any atom is 0.408 e. The molecule has 2 bridgehead atoms. The van der Waals surface area contributed by atoms with Crippen LogP contribution in [0.25, 0.3) is 0 Å². The van der Waals surface area contributed by atoms with Crippen LogP contribution in [0.2, 0.25) is 0 Å². The molecular weight excluding hydrogens is 893 g/mol. The van der Waals surface area contributed by atoms with E-state index in [1.165, 1.54) is 6.92 Å². The highest BCUT2D eigenvalue weighted by atomic mass is 16.8. The lowest BCUT2D eigenvalue weighted by atomic mass is 9.44. The van der Waals surface area contributed by atoms with Gasteiger partial charge in [-0.3, -0.25) is 9.69 Å². The molecular formula is C52H70N2O15. The maximum absolute atomic E-state index is 14.7. The first-order valence-corrected chi connectivity index (χ1v) is 24.1. The molecule has 378 valence electrons. The van der Waals surface area contributed by atoms with E-state index in [4.69, 9.17) is 42.6 Å². The van der Waals surface area contributed by atoms with Gasteiger partial charge in [0.2, 0.25) is 0 Å². The quantitative estimate of drug-likeness (QED) is 0.142. The Morgan fingerprint density at radius 3 is 2.19 bits per heavy atom. The Morgan fingerprint density at radius 2 is 1.58 bits per heavy atom. The SMILES string of the molecule is CC(=O)O[C@@]12CO[C@@H]1C[C@H](OCCN1CCOCC1)[C@@]1(C)[C@@H]3OC(C)(C)O[C@@H]3C3=C(C)[C@@H](OC(=O)[C@H](O)[C@@H](NC(=O)OC(C)(C)C)c4ccccc4)C[C@@](O)([C@@H](OC(=O)c4ccccc4)[C@H]21)C3(C)C. The van der Waals surface area contributed by atoms with Crippen LogP contribution in [-0.4, -0.2) is 150 Å². The van der Waals surface area contributed by atoms with Crippen molar-refractivity contribution in [2.75, 3.05) is 46.1 Å². The lowest BCUT2D eigenvalue weighted by Gasteiger charge is -2.69. The fourth-order valence-corrected chi connectivity index (χ4v) is 12.0. The van der Waals surface area contributed by atoms with Gasteiger partial charge in [-0.25, -0.2) is 14.4 Å². The van der Waals surface area contributed by atoms with Crippen LogP contribution in [0.1, 0.15) is 104 Å². The van der Waals surface area contributed by atoms with Crippen LogP contribution in [-0.2, 0) is 52.2 Å². The van der Waals surface area contributed by atoms with E-state index in [0.717, 1.165) is 13.1 Å². The zero-order chi connectivity index (χ0) is 49.9. The van der Waals surface area contributed by atoms with Gasteiger partial charge in [0, 0.05) is 50.2 Å². The van der Waals surface area contributed by atoms with Crippen LogP contribution in [0.15, 0.2) is 71.8 Å². The molecule has 17 heteroatoms. The minimum absolute atomic E-state index is 0.0899. The Hall–Kier alpha value is -4.46. The molecule has 3 aliphatic heterocycles. The molecule has 0 unspecified atom stereocenters. The largest absolute Gasteiger partial charge is 0.456 e. The van der Waals surface area contributed by atoms with E-state index in [0.29, 0.717) is 43.1 Å². The summed E-state index contributed by atoms with van der Waals surface area (Å²) in [6.07, 6.45) is -9.00. The van der Waals surface area contributed by atoms with Gasteiger partial charge in [0.05, 0.1) is 56.2 Å². The average Bonchev–Trinajstić information content (AvgIpc) is 3.61. The van der Waals surface area contributed by atoms with E-state index in [1.54, 1.807) is 102 Å². The summed E-state index contributed by atoms with van der Waals surface area (Å²) in [5.74, 6) is -4.80. The van der Waals surface area contributed by atoms with Crippen molar-refractivity contribution in [2.24, 2.45) is 16.7 Å². The number of morpholine rings is 1. The Morgan fingerprint density at radius 1 is 0.928 bits per heavy atom. The molecule has 0 aromatic heterocycles. The number of benzene rings is 2. The van der Waals surface area contributed by atoms with E-state index < -0.39 is 112 Å². The Balaban J connectivity index is 1.28. The summed E-state index contributed by atoms with van der Waals surface area (Å²) in [6, 6.07) is 15.6. The molecule has 2 aromatic carbocycles. The molecule has 6 aliphatic rings. The first-order valence-electron chi connectivity index (χ1n) is 24.1. The number of alkyl carbamates (subject to hydrolysis) is 1. The zero-order valence-corrected chi connectivity index (χ0v) is 41.5. The summed E-state index contributed by atoms with van der Waals surface area (Å²) in [5, 5.41) is 28.7. The molecule has 1 amide bonds. The number of aliphatic hydroxyl groups is 2. The lowest BCUT2D eigenvalue weighted by Crippen LogP contribution is -2.82. The number of carbonyl (C=O) groups is 4. The first kappa shape index (κ1) is 50.9. The third-order valence-electron chi connectivity index (χ3n) is 15.4. The second-order valence-electron chi connectivity index (χ2n) is 21.7. The minimum Gasteiger partial charge on any atom is -0.456 e. The van der Waals surface area contributed by atoms with Crippen LogP contribution in [0.5, 0.6) is 0 Å². The standard InChI is InChI=1S/C52H70N2O15/c1-30-34(64-45(58)39(56)38(32-17-13-11-14-18-32)53-46(59)69-47(3,4)5)28-52(60)43(65-44(57)33-19-15-12-16-20-33)41-50(10,42-40(37(30)48(52,6)7)67-49(8,9)68-42)35(62-26-23-54-21-24-61-25-22-54)27-36-51(41,29-63-36)66-31(2)55/h11-20,34-36,38-43,56,60H,21-29H2,1-10H3,(H,53,59)/t34-,35-,36+,38-,39+,40+,41-,42+,43-,50+,51-,52+/m0/s1. The van der Waals surface area contributed by atoms with Crippen LogP contribution < -0.4 is 5.32 Å². The number of esters is 3. The molecule has 3 aliphatic carbocycles. The number of rotatable bonds is 12. The van der Waals surface area contributed by atoms with Gasteiger partial charge in [0.1, 0.15) is 35.6 Å². The normalized spacial score (nSPS) is 34.5. The lowest BCUT2D eigenvalue weighted by molar-refractivity contribution is -0.366. The van der Waals surface area contributed by atoms with Crippen molar-refractivity contribution >= 4 is 24.0 Å². The first-order chi connectivity index (χ1) is 32.4. The maximum atomic E-state index is 14.7. The molecule has 3 saturated heterocycles. The molecule has 2 saturated carbocycles. The van der Waals surface area contributed by atoms with Gasteiger partial charge in [-0.1, -0.05) is 69.3 Å². The number of nitrogens with one attached hydrogen (secondary N) is 1. The van der Waals surface area contributed by atoms with Gasteiger partial charge in [-0.2, -0.15) is 0 Å². The molecule has 17 nitrogen and oxygen atoms in total. The summed E-state index contributed by atoms with van der Waals surface area (Å²) >= 11 is 0. The molecule has 3 heterocycles. The Labute approximate surface area is 404 Å². The van der Waals surface area contributed by atoms with Crippen molar-refractivity contribution in [2.45, 2.75) is 153 Å². The summed E-state index contributed by atoms with van der Waals surface area (Å²) < 4.78 is 58.1. The average molecular weight is 963 g/mol. The summed E-state index contributed by atoms with van der Waals surface area (Å²) in [5.41, 5.74) is -5.46. The number of carbonyl (C=O) groups excluding carboxylic acids is 4. The Kier molecular flexibility index (Phi) is 14.0. The summed E-state index contributed by atoms with van der Waals surface area (Å²) in [7, 11) is 0. The van der Waals surface area contributed by atoms with Crippen molar-refractivity contribution in [3.63, 3.8) is 0 Å². The zero-order valence-electron chi connectivity index (χ0n) is 41.5. The Bertz CT molecular complexity index is 2260. The van der Waals surface area contributed by atoms with Gasteiger partial charge < -0.3 is 58.2 Å². The fraction of sp³-hybridized carbons (Fsp3) is 0.654. The highest BCUT2D eigenvalue weighted by Crippen LogP contribution is 2.67. The van der Waals surface area contributed by atoms with E-state index >= 15 is 0 Å². The number of fused-ring (bicyclic) bond motifs is 8. The number of nitrogens with zero attached hydrogens (tertiary/aromatic N) is 1. The van der Waals surface area contributed by atoms with E-state index in [1.807, 2.05) is 20.8 Å². The predicted molar refractivity (Wildman–Crippen MR) is 247 cm³/mol. The topological polar surface area (TPSA) is 207 Å². The molecule has 12 atom stereocenters. The number of amides is 1. The monoisotopic (exact) mass is 962 g/mol. The number of ether oxygens (including phenoxy) is 9. The highest BCUT2D eigenvalue weighted by Gasteiger charge is 2.79. The van der Waals surface area contributed by atoms with Gasteiger partial charge >= 0.3 is 24.0 Å². The number of aliphatic hydroxyl groups excluding tert-OH is 1. The second-order valence-corrected chi connectivity index (χ2v) is 21.7. The molecule has 69 heavy (non-hydrogen) atoms. The van der Waals surface area contributed by atoms with Crippen LogP contribution in [0, 0.1) is 16.7 Å².